The molecule has 2 aromatic rings. The minimum atomic E-state index is -0.840. The van der Waals surface area contributed by atoms with Crippen LogP contribution in [-0.2, 0) is 11.2 Å². The van der Waals surface area contributed by atoms with E-state index in [9.17, 15) is 4.79 Å². The summed E-state index contributed by atoms with van der Waals surface area (Å²) in [5.41, 5.74) is 0.371. The summed E-state index contributed by atoms with van der Waals surface area (Å²) in [5, 5.41) is 13.4. The topological polar surface area (TPSA) is 76.2 Å². The first-order valence-electron chi connectivity index (χ1n) is 6.16. The molecule has 0 aliphatic rings. The van der Waals surface area contributed by atoms with Gasteiger partial charge in [-0.05, 0) is 29.7 Å². The number of carboxylic acids is 1. The Morgan fingerprint density at radius 3 is 2.60 bits per heavy atom. The lowest BCUT2D eigenvalue weighted by Gasteiger charge is -2.19. The molecule has 0 fully saturated rings. The molecule has 5 nitrogen and oxygen atoms in total. The molecule has 6 heteroatoms. The monoisotopic (exact) mass is 294 g/mol. The Kier molecular flexibility index (Phi) is 4.09. The fourth-order valence-electron chi connectivity index (χ4n) is 1.92. The van der Waals surface area contributed by atoms with Crippen LogP contribution in [-0.4, -0.2) is 21.2 Å². The lowest BCUT2D eigenvalue weighted by Crippen LogP contribution is -2.19. The molecule has 2 rings (SSSR count). The molecule has 1 N–H and O–H groups in total. The van der Waals surface area contributed by atoms with Gasteiger partial charge in [0.1, 0.15) is 0 Å². The molecular formula is C14H15ClN2O3. The highest BCUT2D eigenvalue weighted by Gasteiger charge is 2.25. The van der Waals surface area contributed by atoms with Gasteiger partial charge >= 0.3 is 5.97 Å². The van der Waals surface area contributed by atoms with Crippen molar-refractivity contribution in [2.45, 2.75) is 26.7 Å². The van der Waals surface area contributed by atoms with E-state index in [1.165, 1.54) is 0 Å². The van der Waals surface area contributed by atoms with Gasteiger partial charge < -0.3 is 9.63 Å². The van der Waals surface area contributed by atoms with Crippen molar-refractivity contribution in [3.05, 3.63) is 35.2 Å². The number of aliphatic carboxylic acids is 1. The highest BCUT2D eigenvalue weighted by atomic mass is 35.5. The van der Waals surface area contributed by atoms with E-state index in [1.807, 2.05) is 13.8 Å². The minimum Gasteiger partial charge on any atom is -0.481 e. The summed E-state index contributed by atoms with van der Waals surface area (Å²) in [4.78, 5) is 15.1. The number of halogens is 1. The molecule has 0 radical (unpaired) electrons. The molecule has 0 bridgehead atoms. The second kappa shape index (κ2) is 5.63. The van der Waals surface area contributed by atoms with Gasteiger partial charge in [0.15, 0.2) is 0 Å². The number of nitrogens with zero attached hydrogens (tertiary/aromatic N) is 2. The van der Waals surface area contributed by atoms with Crippen molar-refractivity contribution in [3.63, 3.8) is 0 Å². The number of hydrogen-bond donors (Lipinski definition) is 1. The molecule has 1 aromatic carbocycles. The summed E-state index contributed by atoms with van der Waals surface area (Å²) in [7, 11) is 0. The molecule has 1 heterocycles. The smallest absolute Gasteiger partial charge is 0.303 e. The lowest BCUT2D eigenvalue weighted by atomic mass is 9.86. The van der Waals surface area contributed by atoms with Crippen molar-refractivity contribution in [1.29, 1.82) is 0 Å². The van der Waals surface area contributed by atoms with Crippen molar-refractivity contribution in [1.82, 2.24) is 10.1 Å². The van der Waals surface area contributed by atoms with Gasteiger partial charge in [-0.3, -0.25) is 4.79 Å². The summed E-state index contributed by atoms with van der Waals surface area (Å²) in [6, 6.07) is 7.11. The van der Waals surface area contributed by atoms with Gasteiger partial charge in [-0.15, -0.1) is 0 Å². The van der Waals surface area contributed by atoms with Crippen LogP contribution in [0.2, 0.25) is 5.02 Å². The van der Waals surface area contributed by atoms with Crippen LogP contribution in [0.25, 0.3) is 11.4 Å². The summed E-state index contributed by atoms with van der Waals surface area (Å²) in [6.45, 7) is 3.71. The van der Waals surface area contributed by atoms with E-state index in [4.69, 9.17) is 21.2 Å². The molecule has 0 aliphatic heterocycles. The Labute approximate surface area is 121 Å². The second-order valence-electron chi connectivity index (χ2n) is 5.43. The number of carboxylic acid groups (broad SMARTS) is 1. The number of aromatic nitrogens is 2. The van der Waals surface area contributed by atoms with Crippen LogP contribution in [0.3, 0.4) is 0 Å². The zero-order chi connectivity index (χ0) is 14.8. The first kappa shape index (κ1) is 14.5. The number of benzene rings is 1. The average molecular weight is 295 g/mol. The predicted molar refractivity (Wildman–Crippen MR) is 74.5 cm³/mol. The average Bonchev–Trinajstić information content (AvgIpc) is 2.75. The van der Waals surface area contributed by atoms with Crippen LogP contribution in [0.4, 0.5) is 0 Å². The third-order valence-electron chi connectivity index (χ3n) is 2.83. The maximum Gasteiger partial charge on any atom is 0.303 e. The number of carbonyl (C=O) groups is 1. The maximum absolute atomic E-state index is 10.8. The van der Waals surface area contributed by atoms with Crippen molar-refractivity contribution >= 4 is 17.6 Å². The quantitative estimate of drug-likeness (QED) is 0.914. The first-order chi connectivity index (χ1) is 9.35. The highest BCUT2D eigenvalue weighted by molar-refractivity contribution is 6.30. The number of rotatable bonds is 5. The van der Waals surface area contributed by atoms with E-state index in [-0.39, 0.29) is 6.42 Å². The van der Waals surface area contributed by atoms with Gasteiger partial charge in [-0.2, -0.15) is 4.98 Å². The maximum atomic E-state index is 10.8. The summed E-state index contributed by atoms with van der Waals surface area (Å²) in [5.74, 6) is 0.0661. The highest BCUT2D eigenvalue weighted by Crippen LogP contribution is 2.26. The molecule has 1 aromatic heterocycles. The molecule has 0 saturated heterocycles. The van der Waals surface area contributed by atoms with E-state index >= 15 is 0 Å². The predicted octanol–water partition coefficient (Wildman–Crippen LogP) is 3.43. The van der Waals surface area contributed by atoms with Crippen LogP contribution < -0.4 is 0 Å². The van der Waals surface area contributed by atoms with E-state index in [0.717, 1.165) is 5.56 Å². The Morgan fingerprint density at radius 1 is 1.35 bits per heavy atom. The Balaban J connectivity index is 2.13. The Hall–Kier alpha value is -1.88. The Morgan fingerprint density at radius 2 is 2.00 bits per heavy atom. The lowest BCUT2D eigenvalue weighted by molar-refractivity contribution is -0.139. The van der Waals surface area contributed by atoms with Gasteiger partial charge in [-0.1, -0.05) is 30.6 Å². The molecule has 0 aliphatic carbocycles. The van der Waals surface area contributed by atoms with Crippen molar-refractivity contribution in [2.24, 2.45) is 5.41 Å². The van der Waals surface area contributed by atoms with Crippen LogP contribution >= 0.6 is 11.6 Å². The van der Waals surface area contributed by atoms with Gasteiger partial charge in [0.25, 0.3) is 0 Å². The summed E-state index contributed by atoms with van der Waals surface area (Å²) >= 11 is 5.82. The third-order valence-corrected chi connectivity index (χ3v) is 3.08. The molecule has 106 valence electrons. The normalized spacial score (nSPS) is 11.6. The van der Waals surface area contributed by atoms with E-state index in [2.05, 4.69) is 10.1 Å². The van der Waals surface area contributed by atoms with Crippen LogP contribution in [0, 0.1) is 5.41 Å². The molecule has 0 saturated carbocycles. The molecule has 0 atom stereocenters. The van der Waals surface area contributed by atoms with E-state index in [1.54, 1.807) is 24.3 Å². The van der Waals surface area contributed by atoms with Gasteiger partial charge in [0.05, 0.1) is 6.42 Å². The van der Waals surface area contributed by atoms with E-state index in [0.29, 0.717) is 23.2 Å². The van der Waals surface area contributed by atoms with Gasteiger partial charge in [0.2, 0.25) is 11.7 Å². The molecule has 0 spiro atoms. The van der Waals surface area contributed by atoms with Crippen molar-refractivity contribution < 1.29 is 14.4 Å². The van der Waals surface area contributed by atoms with Crippen molar-refractivity contribution in [3.8, 4) is 11.4 Å². The molecule has 0 unspecified atom stereocenters. The van der Waals surface area contributed by atoms with Gasteiger partial charge in [-0.25, -0.2) is 0 Å². The zero-order valence-corrected chi connectivity index (χ0v) is 12.0. The van der Waals surface area contributed by atoms with Gasteiger partial charge in [0, 0.05) is 17.0 Å². The van der Waals surface area contributed by atoms with Crippen LogP contribution in [0.5, 0.6) is 0 Å². The summed E-state index contributed by atoms with van der Waals surface area (Å²) in [6.07, 6.45) is 0.464. The molecular weight excluding hydrogens is 280 g/mol. The Bertz CT molecular complexity index is 605. The third kappa shape index (κ3) is 3.81. The molecule has 20 heavy (non-hydrogen) atoms. The van der Waals surface area contributed by atoms with Crippen LogP contribution in [0.15, 0.2) is 28.8 Å². The standard InChI is InChI=1S/C14H15ClN2O3/c1-14(2,8-12(18)19)7-11-16-13(17-20-11)9-3-5-10(15)6-4-9/h3-6H,7-8H2,1-2H3,(H,18,19). The second-order valence-corrected chi connectivity index (χ2v) is 5.87. The fraction of sp³-hybridized carbons (Fsp3) is 0.357. The summed E-state index contributed by atoms with van der Waals surface area (Å²) < 4.78 is 5.18. The SMILES string of the molecule is CC(C)(CC(=O)O)Cc1nc(-c2ccc(Cl)cc2)no1. The minimum absolute atomic E-state index is 0.0473. The first-order valence-corrected chi connectivity index (χ1v) is 6.54. The van der Waals surface area contributed by atoms with Crippen molar-refractivity contribution in [2.75, 3.05) is 0 Å². The fourth-order valence-corrected chi connectivity index (χ4v) is 2.05. The zero-order valence-electron chi connectivity index (χ0n) is 11.3. The molecule has 0 amide bonds. The number of hydrogen-bond acceptors (Lipinski definition) is 4. The van der Waals surface area contributed by atoms with Crippen LogP contribution in [0.1, 0.15) is 26.2 Å². The van der Waals surface area contributed by atoms with E-state index < -0.39 is 11.4 Å². The largest absolute Gasteiger partial charge is 0.481 e.